The van der Waals surface area contributed by atoms with E-state index >= 15 is 0 Å². The highest BCUT2D eigenvalue weighted by molar-refractivity contribution is 7.13. The van der Waals surface area contributed by atoms with E-state index in [-0.39, 0.29) is 5.91 Å². The van der Waals surface area contributed by atoms with E-state index in [4.69, 9.17) is 0 Å². The second kappa shape index (κ2) is 6.37. The van der Waals surface area contributed by atoms with Crippen LogP contribution < -0.4 is 0 Å². The minimum absolute atomic E-state index is 0.121. The Hall–Kier alpha value is -1.79. The largest absolute Gasteiger partial charge is 0.337 e. The SMILES string of the molecule is O=C(c1cnc(CN2CCCC2)s1)N1CC(c2cccnc2)C1. The van der Waals surface area contributed by atoms with Gasteiger partial charge in [0.1, 0.15) is 9.88 Å². The second-order valence-electron chi connectivity index (χ2n) is 6.29. The summed E-state index contributed by atoms with van der Waals surface area (Å²) >= 11 is 1.55. The van der Waals surface area contributed by atoms with Crippen LogP contribution in [0.3, 0.4) is 0 Å². The normalized spacial score (nSPS) is 19.0. The zero-order valence-corrected chi connectivity index (χ0v) is 13.8. The van der Waals surface area contributed by atoms with Gasteiger partial charge in [-0.05, 0) is 37.6 Å². The first-order chi connectivity index (χ1) is 11.3. The number of nitrogens with zero attached hydrogens (tertiary/aromatic N) is 4. The number of carbonyl (C=O) groups excluding carboxylic acids is 1. The Bertz CT molecular complexity index is 675. The molecule has 2 aliphatic rings. The lowest BCUT2D eigenvalue weighted by molar-refractivity contribution is 0.0607. The molecule has 4 heterocycles. The van der Waals surface area contributed by atoms with Crippen molar-refractivity contribution in [3.63, 3.8) is 0 Å². The monoisotopic (exact) mass is 328 g/mol. The van der Waals surface area contributed by atoms with Crippen molar-refractivity contribution in [2.45, 2.75) is 25.3 Å². The van der Waals surface area contributed by atoms with E-state index in [0.717, 1.165) is 42.6 Å². The number of rotatable bonds is 4. The van der Waals surface area contributed by atoms with E-state index in [1.165, 1.54) is 18.4 Å². The summed E-state index contributed by atoms with van der Waals surface area (Å²) in [6.45, 7) is 4.76. The second-order valence-corrected chi connectivity index (χ2v) is 7.41. The Balaban J connectivity index is 1.34. The summed E-state index contributed by atoms with van der Waals surface area (Å²) in [7, 11) is 0. The number of hydrogen-bond donors (Lipinski definition) is 0. The molecular formula is C17H20N4OS. The maximum atomic E-state index is 12.5. The Morgan fingerprint density at radius 1 is 1.26 bits per heavy atom. The Labute approximate surface area is 140 Å². The highest BCUT2D eigenvalue weighted by Crippen LogP contribution is 2.29. The quantitative estimate of drug-likeness (QED) is 0.864. The Kier molecular flexibility index (Phi) is 4.10. The van der Waals surface area contributed by atoms with Crippen molar-refractivity contribution in [1.29, 1.82) is 0 Å². The van der Waals surface area contributed by atoms with Crippen LogP contribution in [0.4, 0.5) is 0 Å². The molecule has 0 saturated carbocycles. The summed E-state index contributed by atoms with van der Waals surface area (Å²) < 4.78 is 0. The number of likely N-dealkylation sites (tertiary alicyclic amines) is 2. The number of amides is 1. The van der Waals surface area contributed by atoms with E-state index in [2.05, 4.69) is 20.9 Å². The lowest BCUT2D eigenvalue weighted by atomic mass is 9.92. The minimum atomic E-state index is 0.121. The number of carbonyl (C=O) groups is 1. The predicted molar refractivity (Wildman–Crippen MR) is 89.5 cm³/mol. The molecule has 4 rings (SSSR count). The van der Waals surface area contributed by atoms with Crippen LogP contribution in [0, 0.1) is 0 Å². The van der Waals surface area contributed by atoms with Gasteiger partial charge in [-0.2, -0.15) is 0 Å². The van der Waals surface area contributed by atoms with Gasteiger partial charge in [0.05, 0.1) is 12.7 Å². The molecular weight excluding hydrogens is 308 g/mol. The molecule has 0 spiro atoms. The van der Waals surface area contributed by atoms with Gasteiger partial charge in [0.2, 0.25) is 0 Å². The summed E-state index contributed by atoms with van der Waals surface area (Å²) in [5, 5.41) is 1.06. The molecule has 2 aromatic heterocycles. The maximum absolute atomic E-state index is 12.5. The molecule has 23 heavy (non-hydrogen) atoms. The van der Waals surface area contributed by atoms with Crippen LogP contribution in [-0.2, 0) is 6.54 Å². The third-order valence-corrected chi connectivity index (χ3v) is 5.62. The fourth-order valence-corrected chi connectivity index (χ4v) is 4.17. The summed E-state index contributed by atoms with van der Waals surface area (Å²) in [6.07, 6.45) is 7.98. The van der Waals surface area contributed by atoms with E-state index in [9.17, 15) is 4.79 Å². The van der Waals surface area contributed by atoms with Gasteiger partial charge in [0.25, 0.3) is 5.91 Å². The fourth-order valence-electron chi connectivity index (χ4n) is 3.24. The zero-order chi connectivity index (χ0) is 15.6. The van der Waals surface area contributed by atoms with E-state index < -0.39 is 0 Å². The molecule has 0 bridgehead atoms. The van der Waals surface area contributed by atoms with Crippen LogP contribution in [0.5, 0.6) is 0 Å². The average molecular weight is 328 g/mol. The van der Waals surface area contributed by atoms with E-state index in [1.54, 1.807) is 23.7 Å². The molecule has 2 aliphatic heterocycles. The zero-order valence-electron chi connectivity index (χ0n) is 13.0. The first-order valence-electron chi connectivity index (χ1n) is 8.16. The molecule has 120 valence electrons. The third-order valence-electron chi connectivity index (χ3n) is 4.65. The smallest absolute Gasteiger partial charge is 0.265 e. The van der Waals surface area contributed by atoms with Crippen molar-refractivity contribution < 1.29 is 4.79 Å². The summed E-state index contributed by atoms with van der Waals surface area (Å²) in [4.78, 5) is 26.2. The number of thiazole rings is 1. The number of pyridine rings is 1. The van der Waals surface area contributed by atoms with Crippen molar-refractivity contribution in [2.24, 2.45) is 0 Å². The molecule has 0 atom stereocenters. The molecule has 0 N–H and O–H groups in total. The molecule has 5 nitrogen and oxygen atoms in total. The van der Waals surface area contributed by atoms with Crippen molar-refractivity contribution >= 4 is 17.2 Å². The highest BCUT2D eigenvalue weighted by atomic mass is 32.1. The summed E-state index contributed by atoms with van der Waals surface area (Å²) in [6, 6.07) is 4.04. The Morgan fingerprint density at radius 2 is 2.09 bits per heavy atom. The molecule has 0 radical (unpaired) electrons. The van der Waals surface area contributed by atoms with Gasteiger partial charge >= 0.3 is 0 Å². The van der Waals surface area contributed by atoms with Gasteiger partial charge in [-0.3, -0.25) is 14.7 Å². The highest BCUT2D eigenvalue weighted by Gasteiger charge is 2.33. The standard InChI is InChI=1S/C17H20N4OS/c22-17(21-10-14(11-21)13-4-3-5-18-8-13)15-9-19-16(23-15)12-20-6-1-2-7-20/h3-5,8-9,14H,1-2,6-7,10-12H2. The van der Waals surface area contributed by atoms with Gasteiger partial charge in [-0.1, -0.05) is 6.07 Å². The van der Waals surface area contributed by atoms with Crippen molar-refractivity contribution in [3.05, 3.63) is 46.2 Å². The molecule has 0 aromatic carbocycles. The summed E-state index contributed by atoms with van der Waals surface area (Å²) in [5.41, 5.74) is 1.22. The number of aromatic nitrogens is 2. The maximum Gasteiger partial charge on any atom is 0.265 e. The van der Waals surface area contributed by atoms with Crippen molar-refractivity contribution in [1.82, 2.24) is 19.8 Å². The molecule has 1 amide bonds. The van der Waals surface area contributed by atoms with Crippen LogP contribution in [0.15, 0.2) is 30.7 Å². The van der Waals surface area contributed by atoms with Gasteiger partial charge in [0, 0.05) is 31.4 Å². The van der Waals surface area contributed by atoms with E-state index in [0.29, 0.717) is 5.92 Å². The van der Waals surface area contributed by atoms with Crippen molar-refractivity contribution in [3.8, 4) is 0 Å². The summed E-state index contributed by atoms with van der Waals surface area (Å²) in [5.74, 6) is 0.542. The minimum Gasteiger partial charge on any atom is -0.337 e. The first kappa shape index (κ1) is 14.8. The lowest BCUT2D eigenvalue weighted by Gasteiger charge is -2.39. The fraction of sp³-hybridized carbons (Fsp3) is 0.471. The van der Waals surface area contributed by atoms with Crippen LogP contribution in [-0.4, -0.2) is 51.9 Å². The Morgan fingerprint density at radius 3 is 2.83 bits per heavy atom. The molecule has 0 unspecified atom stereocenters. The van der Waals surface area contributed by atoms with Crippen LogP contribution >= 0.6 is 11.3 Å². The molecule has 2 aromatic rings. The number of hydrogen-bond acceptors (Lipinski definition) is 5. The van der Waals surface area contributed by atoms with Gasteiger partial charge in [-0.15, -0.1) is 11.3 Å². The van der Waals surface area contributed by atoms with Gasteiger partial charge in [0.15, 0.2) is 0 Å². The van der Waals surface area contributed by atoms with Crippen molar-refractivity contribution in [2.75, 3.05) is 26.2 Å². The van der Waals surface area contributed by atoms with Crippen LogP contribution in [0.25, 0.3) is 0 Å². The molecule has 0 aliphatic carbocycles. The van der Waals surface area contributed by atoms with Crippen LogP contribution in [0.2, 0.25) is 0 Å². The predicted octanol–water partition coefficient (Wildman–Crippen LogP) is 2.37. The topological polar surface area (TPSA) is 49.3 Å². The first-order valence-corrected chi connectivity index (χ1v) is 8.97. The van der Waals surface area contributed by atoms with Crippen LogP contribution in [0.1, 0.15) is 39.0 Å². The molecule has 2 fully saturated rings. The molecule has 6 heteroatoms. The van der Waals surface area contributed by atoms with Gasteiger partial charge < -0.3 is 4.90 Å². The lowest BCUT2D eigenvalue weighted by Crippen LogP contribution is -2.48. The van der Waals surface area contributed by atoms with E-state index in [1.807, 2.05) is 17.2 Å². The van der Waals surface area contributed by atoms with Gasteiger partial charge in [-0.25, -0.2) is 4.98 Å². The average Bonchev–Trinajstić information content (AvgIpc) is 3.19. The third kappa shape index (κ3) is 3.14. The molecule has 2 saturated heterocycles.